The van der Waals surface area contributed by atoms with Gasteiger partial charge in [0.05, 0.1) is 70.2 Å². The molecule has 442 valence electrons. The van der Waals surface area contributed by atoms with Gasteiger partial charge in [-0.15, -0.1) is 0 Å². The zero-order chi connectivity index (χ0) is 59.1. The molecule has 1 amide bonds. The maximum atomic E-state index is 13.9. The van der Waals surface area contributed by atoms with Crippen molar-refractivity contribution in [2.75, 3.05) is 39.5 Å². The van der Waals surface area contributed by atoms with Crippen molar-refractivity contribution in [1.29, 1.82) is 5.26 Å². The zero-order valence-electron chi connectivity index (χ0n) is 44.3. The summed E-state index contributed by atoms with van der Waals surface area (Å²) in [6, 6.07) is 32.5. The van der Waals surface area contributed by atoms with E-state index in [1.807, 2.05) is 36.4 Å². The molecule has 5 aromatic rings. The molecule has 3 fully saturated rings. The number of hydrogen-bond donors (Lipinski definition) is 1. The molecule has 3 aliphatic rings. The van der Waals surface area contributed by atoms with Crippen LogP contribution in [0.2, 0.25) is 0 Å². The summed E-state index contributed by atoms with van der Waals surface area (Å²) in [7, 11) is 0. The average Bonchev–Trinajstić information content (AvgIpc) is 1.58. The fraction of sp³-hybridized carbons (Fsp3) is 0.459. The topological polar surface area (TPSA) is 99.6 Å². The molecule has 5 aromatic carbocycles. The Hall–Kier alpha value is -6.65. The van der Waals surface area contributed by atoms with Gasteiger partial charge in [0.2, 0.25) is 5.54 Å². The van der Waals surface area contributed by atoms with Crippen LogP contribution in [0.3, 0.4) is 0 Å². The van der Waals surface area contributed by atoms with Gasteiger partial charge in [0.25, 0.3) is 0 Å². The second-order valence-corrected chi connectivity index (χ2v) is 21.1. The van der Waals surface area contributed by atoms with Crippen LogP contribution in [-0.2, 0) is 56.6 Å². The number of benzene rings is 5. The Morgan fingerprint density at radius 3 is 1.52 bits per heavy atom. The van der Waals surface area contributed by atoms with Crippen LogP contribution in [0.4, 0.5) is 57.5 Å². The summed E-state index contributed by atoms with van der Waals surface area (Å²) in [5, 5.41) is 19.3. The van der Waals surface area contributed by atoms with Gasteiger partial charge < -0.3 is 24.2 Å². The van der Waals surface area contributed by atoms with Gasteiger partial charge in [-0.2, -0.15) is 57.9 Å². The van der Waals surface area contributed by atoms with E-state index >= 15 is 0 Å². The Bertz CT molecular complexity index is 2940. The van der Waals surface area contributed by atoms with Crippen LogP contribution in [0.15, 0.2) is 127 Å². The van der Waals surface area contributed by atoms with E-state index in [9.17, 15) is 67.8 Å². The number of alkyl halides is 12. The van der Waals surface area contributed by atoms with Gasteiger partial charge in [0.1, 0.15) is 13.2 Å². The number of aliphatic hydroxyl groups excluding tert-OH is 1. The van der Waals surface area contributed by atoms with Crippen LogP contribution in [-0.4, -0.2) is 66.0 Å². The fourth-order valence-corrected chi connectivity index (χ4v) is 11.1. The number of carbonyl (C=O) groups is 1. The number of nitrogens with zero attached hydrogens (tertiary/aromatic N) is 4. The van der Waals surface area contributed by atoms with Crippen molar-refractivity contribution in [3.05, 3.63) is 189 Å². The minimum Gasteiger partial charge on any atom is -0.445 e. The number of likely N-dealkylation sites (tertiary alicyclic amines) is 1. The van der Waals surface area contributed by atoms with Crippen LogP contribution < -0.4 is 0 Å². The maximum Gasteiger partial charge on any atom is 0.416 e. The predicted octanol–water partition coefficient (Wildman–Crippen LogP) is 16.3. The highest BCUT2D eigenvalue weighted by atomic mass is 19.4. The van der Waals surface area contributed by atoms with Crippen molar-refractivity contribution in [3.63, 3.8) is 0 Å². The van der Waals surface area contributed by atoms with Crippen molar-refractivity contribution in [1.82, 2.24) is 9.80 Å². The third-order valence-electron chi connectivity index (χ3n) is 15.8. The van der Waals surface area contributed by atoms with Crippen LogP contribution in [0.5, 0.6) is 0 Å². The Balaban J connectivity index is 0.000000270. The number of rotatable bonds is 15. The van der Waals surface area contributed by atoms with Crippen molar-refractivity contribution in [2.45, 2.75) is 133 Å². The first-order valence-electron chi connectivity index (χ1n) is 26.2. The molecule has 8 rings (SSSR count). The lowest BCUT2D eigenvalue weighted by Gasteiger charge is -2.55. The summed E-state index contributed by atoms with van der Waals surface area (Å²) >= 11 is 0. The van der Waals surface area contributed by atoms with E-state index in [4.69, 9.17) is 20.8 Å². The first-order valence-corrected chi connectivity index (χ1v) is 26.2. The molecule has 21 heteroatoms. The average molecular weight is 1160 g/mol. The molecule has 7 atom stereocenters. The second kappa shape index (κ2) is 25.9. The summed E-state index contributed by atoms with van der Waals surface area (Å²) in [6.45, 7) is 11.5. The number of halogens is 12. The standard InChI is InChI=1S/C34H34F6N2O4.C26H26F6N2O.CH4/c1-24(26-18-28(33(35,36)37)20-29(19-26)34(38,39)40)46-23-32(27-12-7-4-8-13-27)16-15-31(41-2,14-9-17-43)22-42(32)30(44)45-21-25-10-5-3-6-11-25;1-18(19-12-21(25(27,28)29)14-22(13-19)26(30,31)32)35-17-24(20-6-3-2-4-7-20)10-9-23(15-33)8-5-11-34(24)16-23;/h3-8,10-13,18-20,24,43H,9,14-17,21-23H2,1H3;2-4,6-7,12-14,18H,5,8-11,16-17H2,1H3;1H4/t24-,31?,32-;18-,23?,24-;/m11./s1. The number of ether oxygens (including phenoxy) is 3. The highest BCUT2D eigenvalue weighted by Crippen LogP contribution is 2.51. The number of fused-ring (bicyclic) bond motifs is 2. The molecular weight excluding hydrogens is 1100 g/mol. The Labute approximate surface area is 469 Å². The Morgan fingerprint density at radius 1 is 0.646 bits per heavy atom. The van der Waals surface area contributed by atoms with Crippen molar-refractivity contribution >= 4 is 6.09 Å². The van der Waals surface area contributed by atoms with Gasteiger partial charge in [0.15, 0.2) is 0 Å². The molecule has 3 aliphatic heterocycles. The fourth-order valence-electron chi connectivity index (χ4n) is 11.1. The van der Waals surface area contributed by atoms with Gasteiger partial charge in [-0.25, -0.2) is 11.4 Å². The molecule has 82 heavy (non-hydrogen) atoms. The minimum atomic E-state index is -5.03. The van der Waals surface area contributed by atoms with Crippen LogP contribution in [0.1, 0.15) is 135 Å². The molecule has 0 radical (unpaired) electrons. The summed E-state index contributed by atoms with van der Waals surface area (Å²) in [4.78, 5) is 21.4. The van der Waals surface area contributed by atoms with E-state index in [1.54, 1.807) is 54.6 Å². The Kier molecular flexibility index (Phi) is 20.4. The first kappa shape index (κ1) is 64.5. The molecule has 0 aliphatic carbocycles. The summed E-state index contributed by atoms with van der Waals surface area (Å²) in [5.74, 6) is 0. The minimum absolute atomic E-state index is 0. The molecule has 9 nitrogen and oxygen atoms in total. The predicted molar refractivity (Wildman–Crippen MR) is 281 cm³/mol. The summed E-state index contributed by atoms with van der Waals surface area (Å²) < 4.78 is 179. The monoisotopic (exact) mass is 1160 g/mol. The largest absolute Gasteiger partial charge is 0.445 e. The number of hydrogen-bond acceptors (Lipinski definition) is 7. The lowest BCUT2D eigenvalue weighted by atomic mass is 9.67. The second-order valence-electron chi connectivity index (χ2n) is 21.1. The molecule has 2 bridgehead atoms. The quantitative estimate of drug-likeness (QED) is 0.0823. The summed E-state index contributed by atoms with van der Waals surface area (Å²) in [5.41, 5.74) is -7.28. The van der Waals surface area contributed by atoms with Gasteiger partial charge >= 0.3 is 30.8 Å². The van der Waals surface area contributed by atoms with Crippen LogP contribution in [0, 0.1) is 23.3 Å². The number of carbonyl (C=O) groups excluding carboxylic acids is 1. The van der Waals surface area contributed by atoms with Crippen LogP contribution >= 0.6 is 0 Å². The highest BCUT2D eigenvalue weighted by Gasteiger charge is 2.56. The number of aliphatic hydroxyl groups is 1. The van der Waals surface area contributed by atoms with E-state index < -0.39 is 87.3 Å². The van der Waals surface area contributed by atoms with Crippen molar-refractivity contribution in [2.24, 2.45) is 5.41 Å². The maximum absolute atomic E-state index is 13.9. The molecule has 3 unspecified atom stereocenters. The molecule has 0 spiro atoms. The van der Waals surface area contributed by atoms with E-state index in [0.29, 0.717) is 55.5 Å². The van der Waals surface area contributed by atoms with Gasteiger partial charge in [0, 0.05) is 26.0 Å². The third-order valence-corrected chi connectivity index (χ3v) is 15.8. The molecule has 1 N–H and O–H groups in total. The Morgan fingerprint density at radius 2 is 1.09 bits per heavy atom. The van der Waals surface area contributed by atoms with E-state index in [2.05, 4.69) is 15.8 Å². The molecular formula is C61H64F12N4O5. The van der Waals surface area contributed by atoms with Gasteiger partial charge in [-0.05, 0) is 123 Å². The molecule has 0 saturated carbocycles. The lowest BCUT2D eigenvalue weighted by molar-refractivity contribution is -0.145. The first-order chi connectivity index (χ1) is 38.1. The van der Waals surface area contributed by atoms with Crippen molar-refractivity contribution < 1.29 is 76.8 Å². The van der Waals surface area contributed by atoms with Gasteiger partial charge in [-0.3, -0.25) is 9.80 Å². The molecule has 0 aromatic heterocycles. The smallest absolute Gasteiger partial charge is 0.416 e. The SMILES string of the molecule is C.C[C@@H](OC[C@@]1(c2ccccc2)CCC2(C#N)CCCN1C2)c1cc(C(F)(F)F)cc(C(F)(F)F)c1.[C-]#[N+]C1(CCCO)CC[C@@](CO[C@H](C)c2cc(C(F)(F)F)cc(C(F)(F)F)c2)(c2ccccc2)N(C(=O)OCc2ccccc2)C1. The normalized spacial score (nSPS) is 23.6. The van der Waals surface area contributed by atoms with E-state index in [0.717, 1.165) is 37.1 Å². The highest BCUT2D eigenvalue weighted by molar-refractivity contribution is 5.70. The zero-order valence-corrected chi connectivity index (χ0v) is 44.3. The van der Waals surface area contributed by atoms with E-state index in [1.165, 1.54) is 18.7 Å². The van der Waals surface area contributed by atoms with Crippen molar-refractivity contribution in [3.8, 4) is 6.07 Å². The van der Waals surface area contributed by atoms with Crippen LogP contribution in [0.25, 0.3) is 4.85 Å². The van der Waals surface area contributed by atoms with E-state index in [-0.39, 0.29) is 76.5 Å². The number of nitriles is 1. The lowest BCUT2D eigenvalue weighted by Crippen LogP contribution is -2.61. The van der Waals surface area contributed by atoms with Gasteiger partial charge in [-0.1, -0.05) is 98.4 Å². The molecule has 3 saturated heterocycles. The number of amides is 1. The molecule has 3 heterocycles. The number of piperidine rings is 3. The third kappa shape index (κ3) is 14.9. The summed E-state index contributed by atoms with van der Waals surface area (Å²) in [6.07, 6.45) is -18.9.